The van der Waals surface area contributed by atoms with Crippen molar-refractivity contribution in [2.24, 2.45) is 0 Å². The highest BCUT2D eigenvalue weighted by atomic mass is 16.6. The zero-order valence-electron chi connectivity index (χ0n) is 11.4. The lowest BCUT2D eigenvalue weighted by Crippen LogP contribution is -2.48. The summed E-state index contributed by atoms with van der Waals surface area (Å²) in [6.07, 6.45) is 3.63. The molecule has 0 unspecified atom stereocenters. The first kappa shape index (κ1) is 14.3. The average Bonchev–Trinajstić information content (AvgIpc) is 2.41. The van der Waals surface area contributed by atoms with Crippen LogP contribution < -0.4 is 5.32 Å². The van der Waals surface area contributed by atoms with Crippen molar-refractivity contribution >= 4 is 17.3 Å². The largest absolute Gasteiger partial charge is 0.480 e. The van der Waals surface area contributed by atoms with E-state index in [0.717, 1.165) is 24.8 Å². The molecule has 1 aromatic carbocycles. The number of rotatable bonds is 4. The quantitative estimate of drug-likeness (QED) is 0.652. The first-order valence-corrected chi connectivity index (χ1v) is 6.71. The van der Waals surface area contributed by atoms with Gasteiger partial charge in [-0.1, -0.05) is 25.3 Å². The molecule has 1 aromatic rings. The molecule has 1 aliphatic rings. The Labute approximate surface area is 117 Å². The number of aryl methyl sites for hydroxylation is 1. The fourth-order valence-corrected chi connectivity index (χ4v) is 2.70. The molecule has 6 heteroatoms. The van der Waals surface area contributed by atoms with Crippen LogP contribution in [0, 0.1) is 17.0 Å². The van der Waals surface area contributed by atoms with Gasteiger partial charge in [-0.2, -0.15) is 0 Å². The molecule has 0 saturated heterocycles. The maximum Gasteiger partial charge on any atom is 0.329 e. The molecule has 2 rings (SSSR count). The van der Waals surface area contributed by atoms with E-state index in [1.165, 1.54) is 6.07 Å². The molecule has 0 atom stereocenters. The normalized spacial score (nSPS) is 17.4. The number of nitro benzene ring substituents is 1. The van der Waals surface area contributed by atoms with Gasteiger partial charge in [0.05, 0.1) is 4.92 Å². The Balaban J connectivity index is 2.36. The van der Waals surface area contributed by atoms with Crippen molar-refractivity contribution in [2.45, 2.75) is 44.6 Å². The summed E-state index contributed by atoms with van der Waals surface area (Å²) in [6.45, 7) is 1.77. The number of carbonyl (C=O) groups is 1. The van der Waals surface area contributed by atoms with Crippen LogP contribution in [-0.4, -0.2) is 21.5 Å². The minimum absolute atomic E-state index is 0.0730. The summed E-state index contributed by atoms with van der Waals surface area (Å²) in [4.78, 5) is 22.2. The molecular weight excluding hydrogens is 260 g/mol. The molecule has 0 bridgehead atoms. The van der Waals surface area contributed by atoms with E-state index in [-0.39, 0.29) is 11.4 Å². The van der Waals surface area contributed by atoms with Gasteiger partial charge in [0.2, 0.25) is 0 Å². The molecule has 1 fully saturated rings. The topological polar surface area (TPSA) is 92.5 Å². The summed E-state index contributed by atoms with van der Waals surface area (Å²) < 4.78 is 0. The van der Waals surface area contributed by atoms with Crippen molar-refractivity contribution in [3.8, 4) is 0 Å². The number of hydrogen-bond donors (Lipinski definition) is 2. The van der Waals surface area contributed by atoms with Gasteiger partial charge in [-0.15, -0.1) is 0 Å². The van der Waals surface area contributed by atoms with Crippen molar-refractivity contribution in [1.29, 1.82) is 0 Å². The SMILES string of the molecule is Cc1ccc(NC2(C(=O)O)CCCCC2)c([N+](=O)[O-])c1. The van der Waals surface area contributed by atoms with Crippen molar-refractivity contribution in [3.63, 3.8) is 0 Å². The number of anilines is 1. The fraction of sp³-hybridized carbons (Fsp3) is 0.500. The van der Waals surface area contributed by atoms with Gasteiger partial charge in [-0.3, -0.25) is 10.1 Å². The van der Waals surface area contributed by atoms with E-state index in [9.17, 15) is 20.0 Å². The van der Waals surface area contributed by atoms with E-state index in [0.29, 0.717) is 12.8 Å². The Hall–Kier alpha value is -2.11. The van der Waals surface area contributed by atoms with E-state index in [4.69, 9.17) is 0 Å². The first-order chi connectivity index (χ1) is 9.44. The third kappa shape index (κ3) is 2.74. The number of nitrogens with one attached hydrogen (secondary N) is 1. The predicted molar refractivity (Wildman–Crippen MR) is 74.9 cm³/mol. The molecule has 0 aliphatic heterocycles. The third-order valence-corrected chi connectivity index (χ3v) is 3.84. The van der Waals surface area contributed by atoms with Crippen molar-refractivity contribution in [2.75, 3.05) is 5.32 Å². The zero-order chi connectivity index (χ0) is 14.8. The van der Waals surface area contributed by atoms with E-state index in [1.807, 2.05) is 0 Å². The zero-order valence-corrected chi connectivity index (χ0v) is 11.4. The molecule has 0 amide bonds. The maximum absolute atomic E-state index is 11.6. The van der Waals surface area contributed by atoms with Crippen LogP contribution in [0.4, 0.5) is 11.4 Å². The van der Waals surface area contributed by atoms with Crippen LogP contribution in [0.5, 0.6) is 0 Å². The Kier molecular flexibility index (Phi) is 3.92. The van der Waals surface area contributed by atoms with Crippen LogP contribution in [-0.2, 0) is 4.79 Å². The maximum atomic E-state index is 11.6. The number of carboxylic acids is 1. The van der Waals surface area contributed by atoms with Gasteiger partial charge in [-0.25, -0.2) is 4.79 Å². The monoisotopic (exact) mass is 278 g/mol. The average molecular weight is 278 g/mol. The van der Waals surface area contributed by atoms with Crippen LogP contribution in [0.15, 0.2) is 18.2 Å². The number of nitro groups is 1. The van der Waals surface area contributed by atoms with Crippen LogP contribution in [0.2, 0.25) is 0 Å². The highest BCUT2D eigenvalue weighted by Crippen LogP contribution is 2.35. The lowest BCUT2D eigenvalue weighted by atomic mass is 9.81. The lowest BCUT2D eigenvalue weighted by molar-refractivity contribution is -0.384. The van der Waals surface area contributed by atoms with Crippen LogP contribution >= 0.6 is 0 Å². The van der Waals surface area contributed by atoms with Gasteiger partial charge in [0.15, 0.2) is 0 Å². The van der Waals surface area contributed by atoms with Gasteiger partial charge in [0.1, 0.15) is 11.2 Å². The molecule has 2 N–H and O–H groups in total. The molecule has 0 aromatic heterocycles. The second-order valence-electron chi connectivity index (χ2n) is 5.35. The number of nitrogens with zero attached hydrogens (tertiary/aromatic N) is 1. The molecule has 6 nitrogen and oxygen atoms in total. The second-order valence-corrected chi connectivity index (χ2v) is 5.35. The number of hydrogen-bond acceptors (Lipinski definition) is 4. The van der Waals surface area contributed by atoms with Gasteiger partial charge < -0.3 is 10.4 Å². The third-order valence-electron chi connectivity index (χ3n) is 3.84. The summed E-state index contributed by atoms with van der Waals surface area (Å²) in [6, 6.07) is 4.79. The molecule has 1 saturated carbocycles. The van der Waals surface area contributed by atoms with Crippen molar-refractivity contribution < 1.29 is 14.8 Å². The smallest absolute Gasteiger partial charge is 0.329 e. The molecule has 0 radical (unpaired) electrons. The number of aliphatic carboxylic acids is 1. The standard InChI is InChI=1S/C14H18N2O4/c1-10-5-6-11(12(9-10)16(19)20)15-14(13(17)18)7-3-2-4-8-14/h5-6,9,15H,2-4,7-8H2,1H3,(H,17,18). The summed E-state index contributed by atoms with van der Waals surface area (Å²) in [5, 5.41) is 23.5. The minimum atomic E-state index is -1.09. The van der Waals surface area contributed by atoms with Gasteiger partial charge in [-0.05, 0) is 31.4 Å². The van der Waals surface area contributed by atoms with Gasteiger partial charge in [0, 0.05) is 6.07 Å². The Morgan fingerprint density at radius 1 is 1.35 bits per heavy atom. The first-order valence-electron chi connectivity index (χ1n) is 6.71. The molecular formula is C14H18N2O4. The Morgan fingerprint density at radius 2 is 2.00 bits per heavy atom. The summed E-state index contributed by atoms with van der Waals surface area (Å²) >= 11 is 0. The molecule has 0 heterocycles. The lowest BCUT2D eigenvalue weighted by Gasteiger charge is -2.34. The highest BCUT2D eigenvalue weighted by molar-refractivity contribution is 5.84. The molecule has 0 spiro atoms. The van der Waals surface area contributed by atoms with E-state index in [1.54, 1.807) is 19.1 Å². The Bertz CT molecular complexity index is 536. The van der Waals surface area contributed by atoms with Gasteiger partial charge >= 0.3 is 5.97 Å². The van der Waals surface area contributed by atoms with E-state index >= 15 is 0 Å². The van der Waals surface area contributed by atoms with E-state index < -0.39 is 16.4 Å². The predicted octanol–water partition coefficient (Wildman–Crippen LogP) is 3.10. The number of benzene rings is 1. The second kappa shape index (κ2) is 5.48. The van der Waals surface area contributed by atoms with Crippen molar-refractivity contribution in [1.82, 2.24) is 0 Å². The summed E-state index contributed by atoms with van der Waals surface area (Å²) in [7, 11) is 0. The Morgan fingerprint density at radius 3 is 2.55 bits per heavy atom. The van der Waals surface area contributed by atoms with Gasteiger partial charge in [0.25, 0.3) is 5.69 Å². The van der Waals surface area contributed by atoms with Crippen LogP contribution in [0.3, 0.4) is 0 Å². The number of carboxylic acid groups (broad SMARTS) is 1. The summed E-state index contributed by atoms with van der Waals surface area (Å²) in [5.74, 6) is -0.938. The molecule has 108 valence electrons. The van der Waals surface area contributed by atoms with Crippen LogP contribution in [0.25, 0.3) is 0 Å². The highest BCUT2D eigenvalue weighted by Gasteiger charge is 2.40. The molecule has 20 heavy (non-hydrogen) atoms. The van der Waals surface area contributed by atoms with E-state index in [2.05, 4.69) is 5.32 Å². The van der Waals surface area contributed by atoms with Crippen LogP contribution in [0.1, 0.15) is 37.7 Å². The van der Waals surface area contributed by atoms with Crippen molar-refractivity contribution in [3.05, 3.63) is 33.9 Å². The minimum Gasteiger partial charge on any atom is -0.480 e. The fourth-order valence-electron chi connectivity index (χ4n) is 2.70. The summed E-state index contributed by atoms with van der Waals surface area (Å²) in [5.41, 5.74) is -0.102. The molecule has 1 aliphatic carbocycles.